The first kappa shape index (κ1) is 22.6. The highest BCUT2D eigenvalue weighted by Crippen LogP contribution is 2.35. The lowest BCUT2D eigenvalue weighted by molar-refractivity contribution is -0.140. The molecule has 0 saturated carbocycles. The largest absolute Gasteiger partial charge is 0.372 e. The topological polar surface area (TPSA) is 64.4 Å². The normalized spacial score (nSPS) is 20.8. The number of rotatable bonds is 4. The molecule has 5 rings (SSSR count). The van der Waals surface area contributed by atoms with Gasteiger partial charge in [0.05, 0.1) is 29.0 Å². The van der Waals surface area contributed by atoms with E-state index in [4.69, 9.17) is 9.72 Å². The molecule has 0 bridgehead atoms. The maximum absolute atomic E-state index is 14.8. The van der Waals surface area contributed by atoms with Gasteiger partial charge in [-0.25, -0.2) is 9.37 Å². The fourth-order valence-electron chi connectivity index (χ4n) is 4.73. The van der Waals surface area contributed by atoms with Gasteiger partial charge in [0.15, 0.2) is 5.16 Å². The van der Waals surface area contributed by atoms with E-state index in [2.05, 4.69) is 0 Å². The van der Waals surface area contributed by atoms with Gasteiger partial charge in [-0.3, -0.25) is 14.2 Å². The van der Waals surface area contributed by atoms with E-state index in [1.165, 1.54) is 27.3 Å². The molecule has 0 spiro atoms. The predicted octanol–water partition coefficient (Wildman–Crippen LogP) is 4.19. The van der Waals surface area contributed by atoms with Gasteiger partial charge in [0.1, 0.15) is 10.6 Å². The van der Waals surface area contributed by atoms with Crippen molar-refractivity contribution < 1.29 is 13.9 Å². The van der Waals surface area contributed by atoms with Crippen LogP contribution in [-0.4, -0.2) is 51.4 Å². The minimum Gasteiger partial charge on any atom is -0.372 e. The molecule has 1 fully saturated rings. The zero-order valence-corrected chi connectivity index (χ0v) is 20.3. The number of hydrogen-bond acceptors (Lipinski definition) is 6. The molecule has 1 saturated heterocycles. The van der Waals surface area contributed by atoms with E-state index in [1.807, 2.05) is 13.8 Å². The van der Waals surface area contributed by atoms with Crippen LogP contribution in [0.1, 0.15) is 37.1 Å². The lowest BCUT2D eigenvalue weighted by Crippen LogP contribution is -2.48. The summed E-state index contributed by atoms with van der Waals surface area (Å²) in [6.45, 7) is 4.97. The van der Waals surface area contributed by atoms with Gasteiger partial charge in [0.25, 0.3) is 5.56 Å². The maximum atomic E-state index is 14.8. The molecule has 0 unspecified atom stereocenters. The molecule has 3 aromatic rings. The van der Waals surface area contributed by atoms with E-state index in [1.54, 1.807) is 34.4 Å². The van der Waals surface area contributed by atoms with Gasteiger partial charge >= 0.3 is 0 Å². The number of ether oxygens (including phenoxy) is 1. The Morgan fingerprint density at radius 1 is 1.21 bits per heavy atom. The Labute approximate surface area is 199 Å². The molecule has 3 heterocycles. The minimum absolute atomic E-state index is 0.0220. The first-order valence-corrected chi connectivity index (χ1v) is 13.1. The summed E-state index contributed by atoms with van der Waals surface area (Å²) in [4.78, 5) is 35.1. The van der Waals surface area contributed by atoms with E-state index in [0.29, 0.717) is 28.5 Å². The molecule has 6 nitrogen and oxygen atoms in total. The molecule has 9 heteroatoms. The molecule has 33 heavy (non-hydrogen) atoms. The van der Waals surface area contributed by atoms with Crippen molar-refractivity contribution in [3.05, 3.63) is 50.9 Å². The van der Waals surface area contributed by atoms with Crippen LogP contribution < -0.4 is 5.56 Å². The number of hydrogen-bond donors (Lipinski definition) is 0. The Hall–Kier alpha value is -2.23. The fourth-order valence-corrected chi connectivity index (χ4v) is 6.94. The Bertz CT molecular complexity index is 1260. The molecule has 1 aliphatic heterocycles. The van der Waals surface area contributed by atoms with E-state index in [-0.39, 0.29) is 35.1 Å². The number of morpholine rings is 1. The lowest BCUT2D eigenvalue weighted by Gasteiger charge is -2.35. The lowest BCUT2D eigenvalue weighted by atomic mass is 9.97. The van der Waals surface area contributed by atoms with Crippen LogP contribution in [0.2, 0.25) is 0 Å². The van der Waals surface area contributed by atoms with Crippen LogP contribution in [-0.2, 0) is 22.4 Å². The molecule has 1 aliphatic carbocycles. The van der Waals surface area contributed by atoms with Crippen LogP contribution in [0.15, 0.2) is 34.2 Å². The van der Waals surface area contributed by atoms with E-state index in [0.717, 1.165) is 31.2 Å². The number of amides is 1. The third kappa shape index (κ3) is 4.34. The summed E-state index contributed by atoms with van der Waals surface area (Å²) in [5.74, 6) is -0.410. The second-order valence-electron chi connectivity index (χ2n) is 8.72. The third-order valence-electron chi connectivity index (χ3n) is 6.15. The van der Waals surface area contributed by atoms with Crippen molar-refractivity contribution in [2.45, 2.75) is 56.9 Å². The number of benzene rings is 1. The van der Waals surface area contributed by atoms with Crippen molar-refractivity contribution in [1.82, 2.24) is 14.5 Å². The van der Waals surface area contributed by atoms with Gasteiger partial charge in [-0.15, -0.1) is 11.3 Å². The summed E-state index contributed by atoms with van der Waals surface area (Å²) in [5, 5.41) is 0.948. The van der Waals surface area contributed by atoms with E-state index < -0.39 is 5.82 Å². The van der Waals surface area contributed by atoms with Crippen LogP contribution in [0.25, 0.3) is 15.9 Å². The van der Waals surface area contributed by atoms with Crippen LogP contribution in [0.5, 0.6) is 0 Å². The van der Waals surface area contributed by atoms with Crippen LogP contribution in [0.4, 0.5) is 4.39 Å². The molecule has 174 valence electrons. The molecular formula is C24H26FN3O3S2. The predicted molar refractivity (Wildman–Crippen MR) is 129 cm³/mol. The van der Waals surface area contributed by atoms with Crippen LogP contribution in [0, 0.1) is 5.82 Å². The zero-order chi connectivity index (χ0) is 23.1. The van der Waals surface area contributed by atoms with Crippen molar-refractivity contribution in [2.24, 2.45) is 0 Å². The van der Waals surface area contributed by atoms with Crippen molar-refractivity contribution >= 4 is 39.2 Å². The monoisotopic (exact) mass is 487 g/mol. The number of carbonyl (C=O) groups is 1. The second-order valence-corrected chi connectivity index (χ2v) is 10.7. The maximum Gasteiger partial charge on any atom is 0.267 e. The van der Waals surface area contributed by atoms with Gasteiger partial charge in [-0.1, -0.05) is 23.9 Å². The number of para-hydroxylation sites is 1. The number of thioether (sulfide) groups is 1. The van der Waals surface area contributed by atoms with Crippen LogP contribution >= 0.6 is 23.1 Å². The SMILES string of the molecule is C[C@@H]1CN(C(=O)CSc2nc3sc4c(c3c(=O)n2-c2ccccc2F)CCCC4)C[C@H](C)O1. The highest BCUT2D eigenvalue weighted by atomic mass is 32.2. The van der Waals surface area contributed by atoms with E-state index in [9.17, 15) is 14.0 Å². The first-order valence-electron chi connectivity index (χ1n) is 11.3. The van der Waals surface area contributed by atoms with Crippen LogP contribution in [0.3, 0.4) is 0 Å². The number of aryl methyl sites for hydroxylation is 2. The summed E-state index contributed by atoms with van der Waals surface area (Å²) in [5.41, 5.74) is 0.969. The number of carbonyl (C=O) groups excluding carboxylic acids is 1. The Morgan fingerprint density at radius 3 is 2.70 bits per heavy atom. The number of nitrogens with zero attached hydrogens (tertiary/aromatic N) is 3. The Morgan fingerprint density at radius 2 is 1.94 bits per heavy atom. The van der Waals surface area contributed by atoms with Gasteiger partial charge < -0.3 is 9.64 Å². The molecule has 0 N–H and O–H groups in total. The summed E-state index contributed by atoms with van der Waals surface area (Å²) in [7, 11) is 0. The number of thiophene rings is 1. The quantitative estimate of drug-likeness (QED) is 0.408. The average Bonchev–Trinajstić information content (AvgIpc) is 3.16. The summed E-state index contributed by atoms with van der Waals surface area (Å²) < 4.78 is 21.9. The number of aromatic nitrogens is 2. The summed E-state index contributed by atoms with van der Waals surface area (Å²) in [6.07, 6.45) is 3.90. The molecule has 1 aromatic carbocycles. The molecule has 2 aliphatic rings. The number of halogens is 1. The molecule has 2 aromatic heterocycles. The van der Waals surface area contributed by atoms with Gasteiger partial charge in [0, 0.05) is 18.0 Å². The fraction of sp³-hybridized carbons (Fsp3) is 0.458. The van der Waals surface area contributed by atoms with Crippen molar-refractivity contribution in [3.8, 4) is 5.69 Å². The van der Waals surface area contributed by atoms with Gasteiger partial charge in [0.2, 0.25) is 5.91 Å². The molecule has 0 radical (unpaired) electrons. The summed E-state index contributed by atoms with van der Waals surface area (Å²) >= 11 is 2.75. The van der Waals surface area contributed by atoms with E-state index >= 15 is 0 Å². The van der Waals surface area contributed by atoms with Gasteiger partial charge in [-0.2, -0.15) is 0 Å². The highest BCUT2D eigenvalue weighted by molar-refractivity contribution is 7.99. The van der Waals surface area contributed by atoms with Crippen molar-refractivity contribution in [3.63, 3.8) is 0 Å². The highest BCUT2D eigenvalue weighted by Gasteiger charge is 2.27. The smallest absolute Gasteiger partial charge is 0.267 e. The zero-order valence-electron chi connectivity index (χ0n) is 18.7. The molecule has 2 atom stereocenters. The average molecular weight is 488 g/mol. The Kier molecular flexibility index (Phi) is 6.28. The third-order valence-corrected chi connectivity index (χ3v) is 8.26. The summed E-state index contributed by atoms with van der Waals surface area (Å²) in [6, 6.07) is 6.22. The molecule has 1 amide bonds. The Balaban J connectivity index is 1.55. The van der Waals surface area contributed by atoms with Crippen molar-refractivity contribution in [2.75, 3.05) is 18.8 Å². The number of fused-ring (bicyclic) bond motifs is 3. The second kappa shape index (κ2) is 9.19. The minimum atomic E-state index is -0.492. The van der Waals surface area contributed by atoms with Crippen molar-refractivity contribution in [1.29, 1.82) is 0 Å². The molecular weight excluding hydrogens is 461 g/mol. The first-order chi connectivity index (χ1) is 15.9. The van der Waals surface area contributed by atoms with Gasteiger partial charge in [-0.05, 0) is 57.2 Å². The standard InChI is InChI=1S/C24H26FN3O3S2/c1-14-11-27(12-15(2)31-14)20(29)13-32-24-26-22-21(16-7-3-6-10-19(16)33-22)23(30)28(24)18-9-5-4-8-17(18)25/h4-5,8-9,14-15H,3,6-7,10-13H2,1-2H3/t14-,15+.